The largest absolute Gasteiger partial charge is 0.349 e. The minimum atomic E-state index is -0.0725. The maximum atomic E-state index is 12.4. The van der Waals surface area contributed by atoms with Crippen LogP contribution in [-0.2, 0) is 16.1 Å². The van der Waals surface area contributed by atoms with Gasteiger partial charge in [-0.3, -0.25) is 14.3 Å². The maximum absolute atomic E-state index is 12.4. The Morgan fingerprint density at radius 3 is 2.77 bits per heavy atom. The second kappa shape index (κ2) is 6.94. The molecule has 2 rings (SSSR count). The molecule has 0 aliphatic carbocycles. The Labute approximate surface area is 132 Å². The minimum absolute atomic E-state index is 0.0583. The lowest BCUT2D eigenvalue weighted by molar-refractivity contribution is -0.136. The first kappa shape index (κ1) is 16.5. The van der Waals surface area contributed by atoms with Gasteiger partial charge in [-0.15, -0.1) is 0 Å². The van der Waals surface area contributed by atoms with Gasteiger partial charge in [-0.05, 0) is 18.4 Å². The van der Waals surface area contributed by atoms with Gasteiger partial charge in [0.2, 0.25) is 11.8 Å². The Morgan fingerprint density at radius 1 is 1.41 bits per heavy atom. The predicted octanol–water partition coefficient (Wildman–Crippen LogP) is 1.68. The number of rotatable bonds is 5. The summed E-state index contributed by atoms with van der Waals surface area (Å²) in [6, 6.07) is 1.85. The average molecular weight is 306 g/mol. The van der Waals surface area contributed by atoms with Gasteiger partial charge < -0.3 is 9.80 Å². The Hall–Kier alpha value is -1.85. The molecule has 2 heterocycles. The van der Waals surface area contributed by atoms with Gasteiger partial charge in [0.1, 0.15) is 0 Å². The number of carbonyl (C=O) groups is 2. The van der Waals surface area contributed by atoms with E-state index in [0.717, 1.165) is 12.1 Å². The van der Waals surface area contributed by atoms with E-state index in [1.807, 2.05) is 15.6 Å². The van der Waals surface area contributed by atoms with Crippen molar-refractivity contribution in [2.75, 3.05) is 20.6 Å². The Balaban J connectivity index is 2.08. The highest BCUT2D eigenvalue weighted by molar-refractivity contribution is 5.77. The predicted molar refractivity (Wildman–Crippen MR) is 84.1 cm³/mol. The summed E-state index contributed by atoms with van der Waals surface area (Å²) in [7, 11) is 3.50. The van der Waals surface area contributed by atoms with E-state index >= 15 is 0 Å². The molecule has 1 atom stereocenters. The lowest BCUT2D eigenvalue weighted by Gasteiger charge is -2.34. The Morgan fingerprint density at radius 2 is 2.14 bits per heavy atom. The number of hydrogen-bond acceptors (Lipinski definition) is 3. The van der Waals surface area contributed by atoms with Crippen molar-refractivity contribution in [3.05, 3.63) is 18.0 Å². The van der Waals surface area contributed by atoms with Crippen LogP contribution in [0.3, 0.4) is 0 Å². The summed E-state index contributed by atoms with van der Waals surface area (Å²) >= 11 is 0. The van der Waals surface area contributed by atoms with E-state index in [2.05, 4.69) is 18.9 Å². The normalized spacial score (nSPS) is 17.5. The third-order valence-corrected chi connectivity index (χ3v) is 4.08. The van der Waals surface area contributed by atoms with Crippen LogP contribution in [0.2, 0.25) is 0 Å². The fraction of sp³-hybridized carbons (Fsp3) is 0.688. The molecule has 6 nitrogen and oxygen atoms in total. The van der Waals surface area contributed by atoms with Crippen molar-refractivity contribution in [2.24, 2.45) is 5.92 Å². The second-order valence-electron chi connectivity index (χ2n) is 6.62. The van der Waals surface area contributed by atoms with E-state index in [9.17, 15) is 9.59 Å². The maximum Gasteiger partial charge on any atom is 0.224 e. The molecule has 0 fully saturated rings. The molecule has 0 N–H and O–H groups in total. The highest BCUT2D eigenvalue weighted by Gasteiger charge is 2.30. The Bertz CT molecular complexity index is 536. The molecule has 0 spiro atoms. The first-order valence-corrected chi connectivity index (χ1v) is 7.88. The highest BCUT2D eigenvalue weighted by Crippen LogP contribution is 2.24. The summed E-state index contributed by atoms with van der Waals surface area (Å²) in [5.41, 5.74) is 1.00. The van der Waals surface area contributed by atoms with Crippen LogP contribution in [0, 0.1) is 5.92 Å². The van der Waals surface area contributed by atoms with Gasteiger partial charge >= 0.3 is 0 Å². The summed E-state index contributed by atoms with van der Waals surface area (Å²) in [4.78, 5) is 27.9. The minimum Gasteiger partial charge on any atom is -0.349 e. The zero-order valence-corrected chi connectivity index (χ0v) is 14.0. The molecule has 1 aliphatic heterocycles. The zero-order valence-electron chi connectivity index (χ0n) is 14.0. The van der Waals surface area contributed by atoms with Crippen molar-refractivity contribution in [2.45, 2.75) is 45.7 Å². The van der Waals surface area contributed by atoms with Crippen molar-refractivity contribution in [1.29, 1.82) is 0 Å². The van der Waals surface area contributed by atoms with Crippen molar-refractivity contribution < 1.29 is 9.59 Å². The van der Waals surface area contributed by atoms with Gasteiger partial charge in [0.15, 0.2) is 0 Å². The van der Waals surface area contributed by atoms with Gasteiger partial charge in [0.25, 0.3) is 0 Å². The van der Waals surface area contributed by atoms with E-state index in [4.69, 9.17) is 0 Å². The number of fused-ring (bicyclic) bond motifs is 1. The van der Waals surface area contributed by atoms with Gasteiger partial charge in [-0.2, -0.15) is 5.10 Å². The highest BCUT2D eigenvalue weighted by atomic mass is 16.2. The summed E-state index contributed by atoms with van der Waals surface area (Å²) in [5.74, 6) is 0.747. The molecule has 0 bridgehead atoms. The molecule has 22 heavy (non-hydrogen) atoms. The van der Waals surface area contributed by atoms with Crippen molar-refractivity contribution in [3.8, 4) is 0 Å². The number of carbonyl (C=O) groups excluding carboxylic acids is 2. The van der Waals surface area contributed by atoms with Crippen LogP contribution in [-0.4, -0.2) is 52.0 Å². The van der Waals surface area contributed by atoms with Crippen LogP contribution in [0.5, 0.6) is 0 Å². The van der Waals surface area contributed by atoms with Crippen LogP contribution in [0.25, 0.3) is 0 Å². The van der Waals surface area contributed by atoms with Gasteiger partial charge in [0.05, 0.1) is 24.7 Å². The molecule has 122 valence electrons. The smallest absolute Gasteiger partial charge is 0.224 e. The fourth-order valence-corrected chi connectivity index (χ4v) is 2.68. The number of hydrogen-bond donors (Lipinski definition) is 0. The molecule has 0 saturated heterocycles. The van der Waals surface area contributed by atoms with E-state index in [1.165, 1.54) is 0 Å². The van der Waals surface area contributed by atoms with Crippen LogP contribution in [0.4, 0.5) is 0 Å². The van der Waals surface area contributed by atoms with E-state index < -0.39 is 0 Å². The molecule has 0 saturated carbocycles. The molecule has 1 unspecified atom stereocenters. The van der Waals surface area contributed by atoms with Gasteiger partial charge in [-0.25, -0.2) is 0 Å². The third-order valence-electron chi connectivity index (χ3n) is 4.08. The lowest BCUT2D eigenvalue weighted by atomic mass is 10.1. The first-order valence-electron chi connectivity index (χ1n) is 7.88. The van der Waals surface area contributed by atoms with Gasteiger partial charge in [-0.1, -0.05) is 13.8 Å². The molecule has 1 aliphatic rings. The first-order chi connectivity index (χ1) is 10.4. The summed E-state index contributed by atoms with van der Waals surface area (Å²) in [5, 5.41) is 4.33. The molecule has 0 aromatic carbocycles. The lowest BCUT2D eigenvalue weighted by Crippen LogP contribution is -2.42. The summed E-state index contributed by atoms with van der Waals surface area (Å²) in [6.07, 6.45) is 3.58. The van der Waals surface area contributed by atoms with Gasteiger partial charge in [0, 0.05) is 33.3 Å². The van der Waals surface area contributed by atoms with E-state index in [0.29, 0.717) is 31.8 Å². The third kappa shape index (κ3) is 3.87. The topological polar surface area (TPSA) is 58.4 Å². The monoisotopic (exact) mass is 306 g/mol. The van der Waals surface area contributed by atoms with Crippen molar-refractivity contribution in [3.63, 3.8) is 0 Å². The molecule has 1 aromatic rings. The van der Waals surface area contributed by atoms with Crippen LogP contribution < -0.4 is 0 Å². The molecule has 6 heteroatoms. The molecule has 2 amide bonds. The summed E-state index contributed by atoms with van der Waals surface area (Å²) < 4.78 is 1.90. The van der Waals surface area contributed by atoms with E-state index in [1.54, 1.807) is 25.2 Å². The number of nitrogens with zero attached hydrogens (tertiary/aromatic N) is 4. The fourth-order valence-electron chi connectivity index (χ4n) is 2.68. The summed E-state index contributed by atoms with van der Waals surface area (Å²) in [6.45, 7) is 5.39. The van der Waals surface area contributed by atoms with Crippen molar-refractivity contribution >= 4 is 11.8 Å². The number of amides is 2. The zero-order chi connectivity index (χ0) is 16.3. The number of aromatic nitrogens is 2. The van der Waals surface area contributed by atoms with Crippen LogP contribution >= 0.6 is 0 Å². The molecular weight excluding hydrogens is 280 g/mol. The second-order valence-corrected chi connectivity index (χ2v) is 6.62. The molecule has 1 aromatic heterocycles. The van der Waals surface area contributed by atoms with E-state index in [-0.39, 0.29) is 17.9 Å². The molecular formula is C16H26N4O2. The van der Waals surface area contributed by atoms with Crippen LogP contribution in [0.1, 0.15) is 44.8 Å². The SMILES string of the molecule is CC(C)CCC(=O)N1Cc2ccnn2C(CC(=O)N(C)C)C1. The van der Waals surface area contributed by atoms with Crippen molar-refractivity contribution in [1.82, 2.24) is 19.6 Å². The quantitative estimate of drug-likeness (QED) is 0.831. The van der Waals surface area contributed by atoms with Crippen LogP contribution in [0.15, 0.2) is 12.3 Å². The standard InChI is InChI=1S/C16H26N4O2/c1-12(2)5-6-15(21)19-10-13-7-8-17-20(13)14(11-19)9-16(22)18(3)4/h7-8,12,14H,5-6,9-11H2,1-4H3. The average Bonchev–Trinajstić information content (AvgIpc) is 2.92. The Kier molecular flexibility index (Phi) is 5.21. The molecule has 0 radical (unpaired) electrons.